The lowest BCUT2D eigenvalue weighted by molar-refractivity contribution is 0.102. The van der Waals surface area contributed by atoms with E-state index in [9.17, 15) is 9.59 Å². The smallest absolute Gasteiger partial charge is 0.274 e. The predicted octanol–water partition coefficient (Wildman–Crippen LogP) is 4.27. The first kappa shape index (κ1) is 20.1. The molecule has 0 fully saturated rings. The van der Waals surface area contributed by atoms with E-state index in [0.29, 0.717) is 16.9 Å². The average molecular weight is 388 g/mol. The van der Waals surface area contributed by atoms with Crippen molar-refractivity contribution in [1.29, 1.82) is 0 Å². The minimum atomic E-state index is -0.361. The molecule has 0 spiro atoms. The first-order valence-corrected chi connectivity index (χ1v) is 9.26. The fraction of sp³-hybridized carbons (Fsp3) is 0.174. The molecule has 2 amide bonds. The molecule has 0 saturated heterocycles. The number of rotatable bonds is 5. The van der Waals surface area contributed by atoms with Gasteiger partial charge in [0.15, 0.2) is 0 Å². The van der Waals surface area contributed by atoms with E-state index in [4.69, 9.17) is 0 Å². The molecule has 0 aliphatic heterocycles. The fourth-order valence-corrected chi connectivity index (χ4v) is 2.98. The van der Waals surface area contributed by atoms with Gasteiger partial charge in [0.1, 0.15) is 5.69 Å². The van der Waals surface area contributed by atoms with E-state index < -0.39 is 0 Å². The highest BCUT2D eigenvalue weighted by molar-refractivity contribution is 6.07. The summed E-state index contributed by atoms with van der Waals surface area (Å²) in [6.45, 7) is 3.94. The summed E-state index contributed by atoms with van der Waals surface area (Å²) in [5, 5.41) is 5.67. The lowest BCUT2D eigenvalue weighted by Gasteiger charge is -2.13. The van der Waals surface area contributed by atoms with E-state index in [1.807, 2.05) is 75.3 Å². The maximum Gasteiger partial charge on any atom is 0.274 e. The molecule has 3 rings (SSSR count). The Kier molecular flexibility index (Phi) is 5.93. The normalized spacial score (nSPS) is 10.3. The summed E-state index contributed by atoms with van der Waals surface area (Å²) in [5.41, 5.74) is 5.08. The number of carbonyl (C=O) groups is 2. The number of amides is 2. The van der Waals surface area contributed by atoms with Crippen molar-refractivity contribution < 1.29 is 9.59 Å². The maximum absolute atomic E-state index is 12.6. The number of aryl methyl sites for hydroxylation is 2. The van der Waals surface area contributed by atoms with Crippen molar-refractivity contribution in [3.05, 3.63) is 83.2 Å². The number of aromatic nitrogens is 1. The molecule has 3 aromatic rings. The van der Waals surface area contributed by atoms with Crippen LogP contribution in [0.5, 0.6) is 0 Å². The number of hydrogen-bond acceptors (Lipinski definition) is 4. The van der Waals surface area contributed by atoms with Gasteiger partial charge in [-0.05, 0) is 73.5 Å². The van der Waals surface area contributed by atoms with Crippen LogP contribution in [-0.4, -0.2) is 30.9 Å². The minimum absolute atomic E-state index is 0.180. The van der Waals surface area contributed by atoms with Crippen LogP contribution in [0.4, 0.5) is 17.1 Å². The largest absolute Gasteiger partial charge is 0.378 e. The average Bonchev–Trinajstić information content (AvgIpc) is 2.67. The third kappa shape index (κ3) is 5.19. The topological polar surface area (TPSA) is 74.3 Å². The van der Waals surface area contributed by atoms with Crippen molar-refractivity contribution in [2.24, 2.45) is 0 Å². The highest BCUT2D eigenvalue weighted by atomic mass is 16.2. The van der Waals surface area contributed by atoms with E-state index in [-0.39, 0.29) is 17.5 Å². The molecule has 0 saturated carbocycles. The standard InChI is InChI=1S/C23H24N4O2/c1-15-11-16(2)13-19(12-15)26-23(29)21-14-17(9-10-24-21)22(28)25-18-5-7-20(8-6-18)27(3)4/h5-14H,1-4H3,(H,25,28)(H,26,29). The number of anilines is 3. The molecule has 0 atom stereocenters. The summed E-state index contributed by atoms with van der Waals surface area (Å²) in [5.74, 6) is -0.662. The molecule has 0 bridgehead atoms. The van der Waals surface area contributed by atoms with Crippen LogP contribution >= 0.6 is 0 Å². The Bertz CT molecular complexity index is 1020. The first-order valence-electron chi connectivity index (χ1n) is 9.26. The molecule has 148 valence electrons. The van der Waals surface area contributed by atoms with Crippen LogP contribution in [-0.2, 0) is 0 Å². The lowest BCUT2D eigenvalue weighted by atomic mass is 10.1. The Balaban J connectivity index is 1.72. The van der Waals surface area contributed by atoms with Crippen LogP contribution in [0.25, 0.3) is 0 Å². The van der Waals surface area contributed by atoms with Gasteiger partial charge in [0, 0.05) is 42.9 Å². The van der Waals surface area contributed by atoms with Crippen LogP contribution < -0.4 is 15.5 Å². The van der Waals surface area contributed by atoms with E-state index in [1.54, 1.807) is 6.07 Å². The van der Waals surface area contributed by atoms with Gasteiger partial charge in [-0.25, -0.2) is 0 Å². The predicted molar refractivity (Wildman–Crippen MR) is 117 cm³/mol. The second-order valence-corrected chi connectivity index (χ2v) is 7.16. The number of hydrogen-bond donors (Lipinski definition) is 2. The van der Waals surface area contributed by atoms with Crippen molar-refractivity contribution in [3.8, 4) is 0 Å². The van der Waals surface area contributed by atoms with Crippen molar-refractivity contribution in [2.75, 3.05) is 29.6 Å². The Morgan fingerprint density at radius 2 is 1.41 bits per heavy atom. The lowest BCUT2D eigenvalue weighted by Crippen LogP contribution is -2.17. The highest BCUT2D eigenvalue weighted by Gasteiger charge is 2.13. The highest BCUT2D eigenvalue weighted by Crippen LogP contribution is 2.17. The van der Waals surface area contributed by atoms with Crippen molar-refractivity contribution in [1.82, 2.24) is 4.98 Å². The van der Waals surface area contributed by atoms with Gasteiger partial charge in [-0.2, -0.15) is 0 Å². The van der Waals surface area contributed by atoms with Gasteiger partial charge in [0.2, 0.25) is 0 Å². The van der Waals surface area contributed by atoms with E-state index in [2.05, 4.69) is 15.6 Å². The summed E-state index contributed by atoms with van der Waals surface area (Å²) in [6, 6.07) is 16.4. The van der Waals surface area contributed by atoms with Gasteiger partial charge in [-0.15, -0.1) is 0 Å². The molecular formula is C23H24N4O2. The molecule has 6 heteroatoms. The zero-order chi connectivity index (χ0) is 21.0. The number of benzene rings is 2. The van der Waals surface area contributed by atoms with Crippen LogP contribution in [0, 0.1) is 13.8 Å². The van der Waals surface area contributed by atoms with Gasteiger partial charge in [0.25, 0.3) is 11.8 Å². The molecule has 0 unspecified atom stereocenters. The second kappa shape index (κ2) is 8.56. The number of pyridine rings is 1. The zero-order valence-corrected chi connectivity index (χ0v) is 17.0. The first-order chi connectivity index (χ1) is 13.8. The van der Waals surface area contributed by atoms with Crippen molar-refractivity contribution in [3.63, 3.8) is 0 Å². The third-order valence-corrected chi connectivity index (χ3v) is 4.38. The quantitative estimate of drug-likeness (QED) is 0.685. The molecule has 0 radical (unpaired) electrons. The molecule has 2 aromatic carbocycles. The summed E-state index contributed by atoms with van der Waals surface area (Å²) in [4.78, 5) is 31.2. The van der Waals surface area contributed by atoms with Crippen LogP contribution in [0.2, 0.25) is 0 Å². The van der Waals surface area contributed by atoms with Crippen molar-refractivity contribution in [2.45, 2.75) is 13.8 Å². The van der Waals surface area contributed by atoms with E-state index >= 15 is 0 Å². The molecular weight excluding hydrogens is 364 g/mol. The van der Waals surface area contributed by atoms with Crippen LogP contribution in [0.15, 0.2) is 60.8 Å². The minimum Gasteiger partial charge on any atom is -0.378 e. The molecule has 6 nitrogen and oxygen atoms in total. The molecule has 29 heavy (non-hydrogen) atoms. The summed E-state index contributed by atoms with van der Waals surface area (Å²) in [6.07, 6.45) is 1.46. The van der Waals surface area contributed by atoms with Crippen LogP contribution in [0.3, 0.4) is 0 Å². The maximum atomic E-state index is 12.6. The summed E-state index contributed by atoms with van der Waals surface area (Å²) < 4.78 is 0. The van der Waals surface area contributed by atoms with Gasteiger partial charge in [-0.3, -0.25) is 14.6 Å². The Hall–Kier alpha value is -3.67. The van der Waals surface area contributed by atoms with E-state index in [0.717, 1.165) is 16.8 Å². The van der Waals surface area contributed by atoms with Gasteiger partial charge >= 0.3 is 0 Å². The molecule has 1 heterocycles. The number of nitrogens with one attached hydrogen (secondary N) is 2. The Morgan fingerprint density at radius 3 is 2.03 bits per heavy atom. The Labute approximate surface area is 170 Å². The summed E-state index contributed by atoms with van der Waals surface area (Å²) in [7, 11) is 3.91. The number of nitrogens with zero attached hydrogens (tertiary/aromatic N) is 2. The monoisotopic (exact) mass is 388 g/mol. The third-order valence-electron chi connectivity index (χ3n) is 4.38. The Morgan fingerprint density at radius 1 is 0.793 bits per heavy atom. The number of carbonyl (C=O) groups excluding carboxylic acids is 2. The molecule has 0 aliphatic carbocycles. The zero-order valence-electron chi connectivity index (χ0n) is 17.0. The second-order valence-electron chi connectivity index (χ2n) is 7.16. The summed E-state index contributed by atoms with van der Waals surface area (Å²) >= 11 is 0. The molecule has 2 N–H and O–H groups in total. The van der Waals surface area contributed by atoms with Crippen molar-refractivity contribution >= 4 is 28.9 Å². The molecule has 1 aromatic heterocycles. The van der Waals surface area contributed by atoms with Crippen LogP contribution in [0.1, 0.15) is 32.0 Å². The van der Waals surface area contributed by atoms with E-state index in [1.165, 1.54) is 12.3 Å². The fourth-order valence-electron chi connectivity index (χ4n) is 2.98. The van der Waals surface area contributed by atoms with Gasteiger partial charge in [-0.1, -0.05) is 6.07 Å². The van der Waals surface area contributed by atoms with Gasteiger partial charge < -0.3 is 15.5 Å². The van der Waals surface area contributed by atoms with Gasteiger partial charge in [0.05, 0.1) is 0 Å². The molecule has 0 aliphatic rings. The SMILES string of the molecule is Cc1cc(C)cc(NC(=O)c2cc(C(=O)Nc3ccc(N(C)C)cc3)ccn2)c1.